The Morgan fingerprint density at radius 1 is 0.944 bits per heavy atom. The second kappa shape index (κ2) is 11.7. The summed E-state index contributed by atoms with van der Waals surface area (Å²) < 4.78 is 0. The zero-order chi connectivity index (χ0) is 24.7. The Bertz CT molecular complexity index is 1100. The van der Waals surface area contributed by atoms with Crippen molar-refractivity contribution >= 4 is 17.4 Å². The van der Waals surface area contributed by atoms with Crippen LogP contribution in [0.15, 0.2) is 79.0 Å². The molecule has 6 nitrogen and oxygen atoms in total. The fourth-order valence-corrected chi connectivity index (χ4v) is 5.56. The van der Waals surface area contributed by atoms with E-state index in [0.717, 1.165) is 69.3 Å². The first-order chi connectivity index (χ1) is 17.7. The SMILES string of the molecule is Cc1ccc(NC(=O)C(c2ccccc2)N2CCCC(CN3CCN(c4ccccn4)CC3)C2)cc1. The fraction of sp³-hybridized carbons (Fsp3) is 0.400. The average Bonchev–Trinajstić information content (AvgIpc) is 2.92. The lowest BCUT2D eigenvalue weighted by molar-refractivity contribution is -0.122. The second-order valence-electron chi connectivity index (χ2n) is 10.1. The first-order valence-corrected chi connectivity index (χ1v) is 13.2. The number of likely N-dealkylation sites (tertiary alicyclic amines) is 1. The van der Waals surface area contributed by atoms with E-state index in [1.165, 1.54) is 12.0 Å². The molecule has 0 radical (unpaired) electrons. The molecule has 1 aromatic heterocycles. The molecular weight excluding hydrogens is 446 g/mol. The Hall–Kier alpha value is -3.22. The van der Waals surface area contributed by atoms with Gasteiger partial charge in [-0.15, -0.1) is 0 Å². The summed E-state index contributed by atoms with van der Waals surface area (Å²) in [6.45, 7) is 9.19. The number of carbonyl (C=O) groups is 1. The van der Waals surface area contributed by atoms with Crippen LogP contribution < -0.4 is 10.2 Å². The maximum absolute atomic E-state index is 13.6. The van der Waals surface area contributed by atoms with E-state index in [2.05, 4.69) is 56.2 Å². The van der Waals surface area contributed by atoms with Crippen molar-refractivity contribution in [1.82, 2.24) is 14.8 Å². The third-order valence-electron chi connectivity index (χ3n) is 7.46. The highest BCUT2D eigenvalue weighted by atomic mass is 16.2. The van der Waals surface area contributed by atoms with Crippen LogP contribution in [0, 0.1) is 12.8 Å². The number of nitrogens with one attached hydrogen (secondary N) is 1. The molecule has 0 bridgehead atoms. The first-order valence-electron chi connectivity index (χ1n) is 13.2. The largest absolute Gasteiger partial charge is 0.354 e. The molecule has 2 fully saturated rings. The summed E-state index contributed by atoms with van der Waals surface area (Å²) in [5.74, 6) is 1.69. The molecule has 2 atom stereocenters. The molecule has 188 valence electrons. The van der Waals surface area contributed by atoms with Crippen molar-refractivity contribution in [1.29, 1.82) is 0 Å². The van der Waals surface area contributed by atoms with Gasteiger partial charge in [-0.2, -0.15) is 0 Å². The quantitative estimate of drug-likeness (QED) is 0.532. The molecule has 0 saturated carbocycles. The summed E-state index contributed by atoms with van der Waals surface area (Å²) in [6.07, 6.45) is 4.22. The number of hydrogen-bond acceptors (Lipinski definition) is 5. The van der Waals surface area contributed by atoms with Gasteiger partial charge in [-0.05, 0) is 62.1 Å². The van der Waals surface area contributed by atoms with Gasteiger partial charge < -0.3 is 10.2 Å². The molecule has 5 rings (SSSR count). The fourth-order valence-electron chi connectivity index (χ4n) is 5.56. The molecule has 2 aliphatic rings. The molecule has 2 saturated heterocycles. The van der Waals surface area contributed by atoms with Crippen LogP contribution in [0.1, 0.15) is 30.0 Å². The van der Waals surface area contributed by atoms with Crippen LogP contribution in [0.25, 0.3) is 0 Å². The number of pyridine rings is 1. The minimum absolute atomic E-state index is 0.0506. The number of aromatic nitrogens is 1. The average molecular weight is 484 g/mol. The molecule has 36 heavy (non-hydrogen) atoms. The predicted octanol–water partition coefficient (Wildman–Crippen LogP) is 4.60. The van der Waals surface area contributed by atoms with Crippen LogP contribution in [-0.2, 0) is 4.79 Å². The van der Waals surface area contributed by atoms with E-state index in [4.69, 9.17) is 0 Å². The highest BCUT2D eigenvalue weighted by molar-refractivity contribution is 5.95. The number of nitrogens with zero attached hydrogens (tertiary/aromatic N) is 4. The van der Waals surface area contributed by atoms with E-state index in [-0.39, 0.29) is 11.9 Å². The zero-order valence-electron chi connectivity index (χ0n) is 21.2. The van der Waals surface area contributed by atoms with E-state index in [0.29, 0.717) is 5.92 Å². The van der Waals surface area contributed by atoms with Crippen LogP contribution >= 0.6 is 0 Å². The van der Waals surface area contributed by atoms with E-state index in [9.17, 15) is 4.79 Å². The second-order valence-corrected chi connectivity index (χ2v) is 10.1. The Labute approximate surface area is 214 Å². The van der Waals surface area contributed by atoms with Gasteiger partial charge in [-0.25, -0.2) is 4.98 Å². The van der Waals surface area contributed by atoms with Gasteiger partial charge in [0, 0.05) is 51.2 Å². The standard InChI is InChI=1S/C30H37N5O/c1-24-12-14-27(15-13-24)32-30(36)29(26-9-3-2-4-10-26)35-17-7-8-25(23-35)22-33-18-20-34(21-19-33)28-11-5-6-16-31-28/h2-6,9-16,25,29H,7-8,17-23H2,1H3,(H,32,36). The van der Waals surface area contributed by atoms with E-state index >= 15 is 0 Å². The first kappa shape index (κ1) is 24.5. The molecular formula is C30H37N5O. The number of benzene rings is 2. The summed E-state index contributed by atoms with van der Waals surface area (Å²) in [6, 6.07) is 24.1. The summed E-state index contributed by atoms with van der Waals surface area (Å²) in [5.41, 5.74) is 3.10. The molecule has 0 spiro atoms. The van der Waals surface area contributed by atoms with Crippen molar-refractivity contribution < 1.29 is 4.79 Å². The maximum Gasteiger partial charge on any atom is 0.246 e. The highest BCUT2D eigenvalue weighted by Crippen LogP contribution is 2.29. The van der Waals surface area contributed by atoms with Crippen LogP contribution in [-0.4, -0.2) is 66.5 Å². The van der Waals surface area contributed by atoms with E-state index in [1.807, 2.05) is 54.7 Å². The number of carbonyl (C=O) groups excluding carboxylic acids is 1. The maximum atomic E-state index is 13.6. The number of piperidine rings is 1. The molecule has 1 N–H and O–H groups in total. The molecule has 2 aliphatic heterocycles. The Balaban J connectivity index is 1.22. The van der Waals surface area contributed by atoms with Gasteiger partial charge in [-0.3, -0.25) is 14.6 Å². The number of anilines is 2. The topological polar surface area (TPSA) is 51.7 Å². The van der Waals surface area contributed by atoms with Crippen molar-refractivity contribution in [2.45, 2.75) is 25.8 Å². The predicted molar refractivity (Wildman–Crippen MR) is 146 cm³/mol. The zero-order valence-corrected chi connectivity index (χ0v) is 21.2. The van der Waals surface area contributed by atoms with E-state index in [1.54, 1.807) is 0 Å². The molecule has 0 aliphatic carbocycles. The van der Waals surface area contributed by atoms with Gasteiger partial charge >= 0.3 is 0 Å². The number of rotatable bonds is 7. The van der Waals surface area contributed by atoms with Crippen LogP contribution in [0.3, 0.4) is 0 Å². The highest BCUT2D eigenvalue weighted by Gasteiger charge is 2.33. The third kappa shape index (κ3) is 6.12. The van der Waals surface area contributed by atoms with Crippen LogP contribution in [0.2, 0.25) is 0 Å². The Morgan fingerprint density at radius 3 is 2.42 bits per heavy atom. The summed E-state index contributed by atoms with van der Waals surface area (Å²) >= 11 is 0. The van der Waals surface area contributed by atoms with Crippen molar-refractivity contribution in [3.8, 4) is 0 Å². The van der Waals surface area contributed by atoms with Gasteiger partial charge in [0.15, 0.2) is 0 Å². The number of aryl methyl sites for hydroxylation is 1. The number of amides is 1. The van der Waals surface area contributed by atoms with Crippen molar-refractivity contribution in [3.63, 3.8) is 0 Å². The van der Waals surface area contributed by atoms with E-state index < -0.39 is 0 Å². The van der Waals surface area contributed by atoms with Gasteiger partial charge in [-0.1, -0.05) is 54.1 Å². The lowest BCUT2D eigenvalue weighted by Crippen LogP contribution is -2.50. The van der Waals surface area contributed by atoms with Crippen molar-refractivity contribution in [2.75, 3.05) is 56.0 Å². The van der Waals surface area contributed by atoms with Gasteiger partial charge in [0.2, 0.25) is 5.91 Å². The van der Waals surface area contributed by atoms with Gasteiger partial charge in [0.1, 0.15) is 11.9 Å². The molecule has 2 aromatic carbocycles. The minimum atomic E-state index is -0.281. The van der Waals surface area contributed by atoms with Crippen LogP contribution in [0.5, 0.6) is 0 Å². The normalized spacial score (nSPS) is 20.1. The number of hydrogen-bond donors (Lipinski definition) is 1. The molecule has 3 heterocycles. The molecule has 1 amide bonds. The lowest BCUT2D eigenvalue weighted by atomic mass is 9.93. The molecule has 2 unspecified atom stereocenters. The Kier molecular flexibility index (Phi) is 7.94. The monoisotopic (exact) mass is 483 g/mol. The summed E-state index contributed by atoms with van der Waals surface area (Å²) in [7, 11) is 0. The lowest BCUT2D eigenvalue weighted by Gasteiger charge is -2.41. The molecule has 3 aromatic rings. The van der Waals surface area contributed by atoms with Crippen molar-refractivity contribution in [2.24, 2.45) is 5.92 Å². The number of piperazine rings is 1. The minimum Gasteiger partial charge on any atom is -0.354 e. The summed E-state index contributed by atoms with van der Waals surface area (Å²) in [5, 5.41) is 3.18. The van der Waals surface area contributed by atoms with Gasteiger partial charge in [0.25, 0.3) is 0 Å². The van der Waals surface area contributed by atoms with Crippen LogP contribution in [0.4, 0.5) is 11.5 Å². The van der Waals surface area contributed by atoms with Crippen molar-refractivity contribution in [3.05, 3.63) is 90.1 Å². The van der Waals surface area contributed by atoms with Gasteiger partial charge in [0.05, 0.1) is 0 Å². The smallest absolute Gasteiger partial charge is 0.246 e. The third-order valence-corrected chi connectivity index (χ3v) is 7.46. The summed E-state index contributed by atoms with van der Waals surface area (Å²) in [4.78, 5) is 25.5. The Morgan fingerprint density at radius 2 is 1.69 bits per heavy atom. The molecule has 6 heteroatoms.